The van der Waals surface area contributed by atoms with Crippen LogP contribution in [0, 0.1) is 0 Å². The molecule has 1 atom stereocenters. The molecule has 0 aliphatic rings. The van der Waals surface area contributed by atoms with Crippen LogP contribution in [0.2, 0.25) is 0 Å². The van der Waals surface area contributed by atoms with Crippen molar-refractivity contribution >= 4 is 11.9 Å². The minimum atomic E-state index is -0.915. The van der Waals surface area contributed by atoms with Crippen LogP contribution >= 0.6 is 0 Å². The first-order chi connectivity index (χ1) is 6.94. The summed E-state index contributed by atoms with van der Waals surface area (Å²) in [6.07, 6.45) is 1.40. The zero-order valence-corrected chi connectivity index (χ0v) is 9.63. The van der Waals surface area contributed by atoms with Crippen LogP contribution in [0.1, 0.15) is 33.6 Å². The molecule has 1 unspecified atom stereocenters. The van der Waals surface area contributed by atoms with Gasteiger partial charge in [0.25, 0.3) is 0 Å². The van der Waals surface area contributed by atoms with Gasteiger partial charge >= 0.3 is 5.97 Å². The van der Waals surface area contributed by atoms with Crippen molar-refractivity contribution in [1.29, 1.82) is 0 Å². The molecule has 0 radical (unpaired) electrons. The molecule has 5 nitrogen and oxygen atoms in total. The molecule has 0 aromatic carbocycles. The summed E-state index contributed by atoms with van der Waals surface area (Å²) in [4.78, 5) is 22.5. The molecular weight excluding hydrogens is 196 g/mol. The Hall–Kier alpha value is -1.10. The number of rotatable bonds is 6. The maximum absolute atomic E-state index is 11.5. The lowest BCUT2D eigenvalue weighted by molar-refractivity contribution is -0.143. The van der Waals surface area contributed by atoms with Crippen LogP contribution in [-0.4, -0.2) is 30.6 Å². The predicted octanol–water partition coefficient (Wildman–Crippen LogP) is 0.183. The van der Waals surface area contributed by atoms with Crippen molar-refractivity contribution in [2.45, 2.75) is 39.2 Å². The van der Waals surface area contributed by atoms with E-state index in [-0.39, 0.29) is 12.5 Å². The summed E-state index contributed by atoms with van der Waals surface area (Å²) in [5.41, 5.74) is 4.85. The fourth-order valence-electron chi connectivity index (χ4n) is 1.20. The summed E-state index contributed by atoms with van der Waals surface area (Å²) < 4.78 is 4.67. The van der Waals surface area contributed by atoms with Crippen LogP contribution in [0.5, 0.6) is 0 Å². The van der Waals surface area contributed by atoms with Gasteiger partial charge in [-0.1, -0.05) is 13.3 Å². The van der Waals surface area contributed by atoms with Crippen molar-refractivity contribution in [3.63, 3.8) is 0 Å². The molecule has 3 N–H and O–H groups in total. The Labute approximate surface area is 90.4 Å². The number of nitrogens with one attached hydrogen (secondary N) is 1. The highest BCUT2D eigenvalue weighted by Crippen LogP contribution is 2.07. The molecule has 0 rings (SSSR count). The van der Waals surface area contributed by atoms with Gasteiger partial charge in [-0.25, -0.2) is 0 Å². The Morgan fingerprint density at radius 2 is 2.00 bits per heavy atom. The predicted molar refractivity (Wildman–Crippen MR) is 57.1 cm³/mol. The lowest BCUT2D eigenvalue weighted by Gasteiger charge is -2.22. The zero-order valence-electron chi connectivity index (χ0n) is 9.63. The lowest BCUT2D eigenvalue weighted by Crippen LogP contribution is -2.52. The van der Waals surface area contributed by atoms with Crippen LogP contribution in [0.4, 0.5) is 0 Å². The maximum atomic E-state index is 11.5. The third-order valence-corrected chi connectivity index (χ3v) is 1.99. The molecule has 15 heavy (non-hydrogen) atoms. The van der Waals surface area contributed by atoms with Crippen molar-refractivity contribution in [3.8, 4) is 0 Å². The zero-order chi connectivity index (χ0) is 11.9. The van der Waals surface area contributed by atoms with E-state index in [1.807, 2.05) is 6.92 Å². The third kappa shape index (κ3) is 5.37. The SMILES string of the molecule is CCCC(C)(N)C(=O)NCC(=O)OCC. The molecule has 0 saturated carbocycles. The van der Waals surface area contributed by atoms with Gasteiger partial charge in [0.15, 0.2) is 0 Å². The minimum absolute atomic E-state index is 0.122. The molecule has 0 bridgehead atoms. The van der Waals surface area contributed by atoms with Gasteiger partial charge in [0.05, 0.1) is 12.1 Å². The van der Waals surface area contributed by atoms with E-state index < -0.39 is 11.5 Å². The standard InChI is InChI=1S/C10H20N2O3/c1-4-6-10(3,11)9(14)12-7-8(13)15-5-2/h4-7,11H2,1-3H3,(H,12,14). The van der Waals surface area contributed by atoms with E-state index in [0.717, 1.165) is 6.42 Å². The number of ether oxygens (including phenoxy) is 1. The van der Waals surface area contributed by atoms with Gasteiger partial charge in [-0.05, 0) is 20.3 Å². The molecule has 0 saturated heterocycles. The Kier molecular flexibility index (Phi) is 5.93. The van der Waals surface area contributed by atoms with E-state index in [1.54, 1.807) is 13.8 Å². The average Bonchev–Trinajstić information content (AvgIpc) is 2.14. The molecule has 0 aromatic heterocycles. The second-order valence-corrected chi connectivity index (χ2v) is 3.66. The maximum Gasteiger partial charge on any atom is 0.325 e. The van der Waals surface area contributed by atoms with Gasteiger partial charge in [-0.15, -0.1) is 0 Å². The number of hydrogen-bond acceptors (Lipinski definition) is 4. The fraction of sp³-hybridized carbons (Fsp3) is 0.800. The summed E-state index contributed by atoms with van der Waals surface area (Å²) in [7, 11) is 0. The average molecular weight is 216 g/mol. The van der Waals surface area contributed by atoms with Crippen LogP contribution in [0.3, 0.4) is 0 Å². The highest BCUT2D eigenvalue weighted by atomic mass is 16.5. The number of hydrogen-bond donors (Lipinski definition) is 2. The Bertz CT molecular complexity index is 227. The van der Waals surface area contributed by atoms with Crippen LogP contribution in [0.15, 0.2) is 0 Å². The lowest BCUT2D eigenvalue weighted by atomic mass is 9.97. The summed E-state index contributed by atoms with van der Waals surface area (Å²) in [5.74, 6) is -0.768. The van der Waals surface area contributed by atoms with Gasteiger partial charge in [-0.2, -0.15) is 0 Å². The van der Waals surface area contributed by atoms with E-state index in [2.05, 4.69) is 10.1 Å². The van der Waals surface area contributed by atoms with Crippen LogP contribution in [-0.2, 0) is 14.3 Å². The monoisotopic (exact) mass is 216 g/mol. The van der Waals surface area contributed by atoms with E-state index in [4.69, 9.17) is 5.73 Å². The number of esters is 1. The van der Waals surface area contributed by atoms with E-state index >= 15 is 0 Å². The first-order valence-corrected chi connectivity index (χ1v) is 5.16. The first-order valence-electron chi connectivity index (χ1n) is 5.16. The Morgan fingerprint density at radius 1 is 1.40 bits per heavy atom. The number of nitrogens with two attached hydrogens (primary N) is 1. The van der Waals surface area contributed by atoms with Crippen molar-refractivity contribution in [3.05, 3.63) is 0 Å². The second-order valence-electron chi connectivity index (χ2n) is 3.66. The number of carbonyl (C=O) groups is 2. The Balaban J connectivity index is 3.97. The molecule has 0 aromatic rings. The topological polar surface area (TPSA) is 81.4 Å². The second kappa shape index (κ2) is 6.40. The molecule has 1 amide bonds. The number of carbonyl (C=O) groups excluding carboxylic acids is 2. The summed E-state index contributed by atoms with van der Waals surface area (Å²) in [6, 6.07) is 0. The molecular formula is C10H20N2O3. The van der Waals surface area contributed by atoms with Crippen LogP contribution < -0.4 is 11.1 Å². The molecule has 0 aliphatic heterocycles. The van der Waals surface area contributed by atoms with Crippen molar-refractivity contribution in [2.75, 3.05) is 13.2 Å². The molecule has 0 fully saturated rings. The van der Waals surface area contributed by atoms with E-state index in [1.165, 1.54) is 0 Å². The van der Waals surface area contributed by atoms with Gasteiger partial charge in [0.1, 0.15) is 6.54 Å². The van der Waals surface area contributed by atoms with E-state index in [0.29, 0.717) is 13.0 Å². The molecule has 5 heteroatoms. The van der Waals surface area contributed by atoms with Crippen molar-refractivity contribution < 1.29 is 14.3 Å². The smallest absolute Gasteiger partial charge is 0.325 e. The first kappa shape index (κ1) is 13.9. The molecule has 0 heterocycles. The summed E-state index contributed by atoms with van der Waals surface area (Å²) in [5, 5.41) is 2.45. The normalized spacial score (nSPS) is 14.1. The molecule has 88 valence electrons. The fourth-order valence-corrected chi connectivity index (χ4v) is 1.20. The van der Waals surface area contributed by atoms with Crippen molar-refractivity contribution in [1.82, 2.24) is 5.32 Å². The van der Waals surface area contributed by atoms with Gasteiger partial charge in [0, 0.05) is 0 Å². The summed E-state index contributed by atoms with van der Waals surface area (Å²) >= 11 is 0. The van der Waals surface area contributed by atoms with Gasteiger partial charge in [0.2, 0.25) is 5.91 Å². The van der Waals surface area contributed by atoms with Gasteiger partial charge < -0.3 is 15.8 Å². The van der Waals surface area contributed by atoms with Gasteiger partial charge in [-0.3, -0.25) is 9.59 Å². The Morgan fingerprint density at radius 3 is 2.47 bits per heavy atom. The third-order valence-electron chi connectivity index (χ3n) is 1.99. The largest absolute Gasteiger partial charge is 0.465 e. The highest BCUT2D eigenvalue weighted by molar-refractivity contribution is 5.88. The number of amides is 1. The highest BCUT2D eigenvalue weighted by Gasteiger charge is 2.27. The van der Waals surface area contributed by atoms with Crippen molar-refractivity contribution in [2.24, 2.45) is 5.73 Å². The molecule has 0 aliphatic carbocycles. The molecule has 0 spiro atoms. The van der Waals surface area contributed by atoms with Crippen LogP contribution in [0.25, 0.3) is 0 Å². The van der Waals surface area contributed by atoms with E-state index in [9.17, 15) is 9.59 Å². The quantitative estimate of drug-likeness (QED) is 0.621. The minimum Gasteiger partial charge on any atom is -0.465 e. The summed E-state index contributed by atoms with van der Waals surface area (Å²) in [6.45, 7) is 5.50.